The monoisotopic (exact) mass is 377 g/mol. The number of carbonyl (C=O) groups is 1. The summed E-state index contributed by atoms with van der Waals surface area (Å²) in [4.78, 5) is 17.7. The minimum Gasteiger partial charge on any atom is -0.493 e. The molecule has 142 valence electrons. The van der Waals surface area contributed by atoms with E-state index in [2.05, 4.69) is 10.1 Å². The number of methoxy groups -OCH3 is 1. The molecule has 1 aromatic carbocycles. The van der Waals surface area contributed by atoms with E-state index in [0.717, 1.165) is 0 Å². The van der Waals surface area contributed by atoms with Crippen molar-refractivity contribution in [2.75, 3.05) is 7.11 Å². The zero-order valence-corrected chi connectivity index (χ0v) is 15.7. The number of benzene rings is 1. The molecule has 0 saturated heterocycles. The lowest BCUT2D eigenvalue weighted by atomic mass is 10.1. The van der Waals surface area contributed by atoms with Gasteiger partial charge >= 0.3 is 5.97 Å². The van der Waals surface area contributed by atoms with Crippen LogP contribution in [-0.4, -0.2) is 27.8 Å². The van der Waals surface area contributed by atoms with Crippen LogP contribution in [0.4, 0.5) is 0 Å². The van der Waals surface area contributed by atoms with Gasteiger partial charge in [0.2, 0.25) is 0 Å². The normalized spacial score (nSPS) is 11.1. The molecule has 4 rings (SSSR count). The van der Waals surface area contributed by atoms with Gasteiger partial charge in [0.05, 0.1) is 30.5 Å². The Morgan fingerprint density at radius 2 is 1.93 bits per heavy atom. The van der Waals surface area contributed by atoms with Crippen LogP contribution in [0.15, 0.2) is 59.3 Å². The number of hydrogen-bond donors (Lipinski definition) is 0. The summed E-state index contributed by atoms with van der Waals surface area (Å²) in [5, 5.41) is 5.01. The van der Waals surface area contributed by atoms with Crippen LogP contribution >= 0.6 is 0 Å². The van der Waals surface area contributed by atoms with E-state index in [1.165, 1.54) is 7.11 Å². The summed E-state index contributed by atoms with van der Waals surface area (Å²) >= 11 is 0. The van der Waals surface area contributed by atoms with Gasteiger partial charge in [0.15, 0.2) is 22.9 Å². The average molecular weight is 377 g/mol. The van der Waals surface area contributed by atoms with Crippen LogP contribution in [0.25, 0.3) is 22.5 Å². The SMILES string of the molecule is COc1ccccc1OC(=O)c1cc(-c2ccco2)nc2c1cnn2C(C)C. The van der Waals surface area contributed by atoms with Crippen molar-refractivity contribution in [1.29, 1.82) is 0 Å². The number of nitrogens with zero attached hydrogens (tertiary/aromatic N) is 3. The second-order valence-electron chi connectivity index (χ2n) is 6.49. The zero-order chi connectivity index (χ0) is 19.7. The summed E-state index contributed by atoms with van der Waals surface area (Å²) in [6.45, 7) is 4.00. The molecule has 7 nitrogen and oxygen atoms in total. The number of hydrogen-bond acceptors (Lipinski definition) is 6. The van der Waals surface area contributed by atoms with Gasteiger partial charge in [-0.25, -0.2) is 14.5 Å². The van der Waals surface area contributed by atoms with Crippen molar-refractivity contribution in [3.05, 3.63) is 60.5 Å². The van der Waals surface area contributed by atoms with Gasteiger partial charge in [-0.05, 0) is 44.2 Å². The van der Waals surface area contributed by atoms with Crippen molar-refractivity contribution in [3.8, 4) is 23.0 Å². The van der Waals surface area contributed by atoms with Gasteiger partial charge in [0.25, 0.3) is 0 Å². The first-order valence-corrected chi connectivity index (χ1v) is 8.86. The van der Waals surface area contributed by atoms with Crippen molar-refractivity contribution in [3.63, 3.8) is 0 Å². The Hall–Kier alpha value is -3.61. The summed E-state index contributed by atoms with van der Waals surface area (Å²) in [6.07, 6.45) is 3.20. The van der Waals surface area contributed by atoms with Crippen LogP contribution in [0.3, 0.4) is 0 Å². The minimum atomic E-state index is -0.520. The summed E-state index contributed by atoms with van der Waals surface area (Å²) < 4.78 is 18.1. The highest BCUT2D eigenvalue weighted by molar-refractivity contribution is 6.04. The molecule has 0 spiro atoms. The first-order chi connectivity index (χ1) is 13.6. The van der Waals surface area contributed by atoms with Gasteiger partial charge in [-0.3, -0.25) is 0 Å². The Morgan fingerprint density at radius 3 is 2.61 bits per heavy atom. The highest BCUT2D eigenvalue weighted by atomic mass is 16.6. The van der Waals surface area contributed by atoms with E-state index in [-0.39, 0.29) is 6.04 Å². The topological polar surface area (TPSA) is 79.4 Å². The summed E-state index contributed by atoms with van der Waals surface area (Å²) in [5.41, 5.74) is 1.48. The van der Waals surface area contributed by atoms with Crippen molar-refractivity contribution < 1.29 is 18.7 Å². The quantitative estimate of drug-likeness (QED) is 0.376. The predicted octanol–water partition coefficient (Wildman–Crippen LogP) is 4.50. The molecule has 0 atom stereocenters. The predicted molar refractivity (Wildman–Crippen MR) is 104 cm³/mol. The number of aromatic nitrogens is 3. The van der Waals surface area contributed by atoms with Crippen molar-refractivity contribution in [2.45, 2.75) is 19.9 Å². The molecule has 4 aromatic rings. The molecule has 28 heavy (non-hydrogen) atoms. The number of carbonyl (C=O) groups excluding carboxylic acids is 1. The van der Waals surface area contributed by atoms with E-state index in [4.69, 9.17) is 13.9 Å². The van der Waals surface area contributed by atoms with Crippen molar-refractivity contribution in [2.24, 2.45) is 0 Å². The molecule has 7 heteroatoms. The first kappa shape index (κ1) is 17.8. The molecule has 3 heterocycles. The molecule has 0 amide bonds. The van der Waals surface area contributed by atoms with Gasteiger partial charge in [-0.2, -0.15) is 5.10 Å². The number of esters is 1. The maximum Gasteiger partial charge on any atom is 0.344 e. The van der Waals surface area contributed by atoms with Gasteiger partial charge < -0.3 is 13.9 Å². The number of rotatable bonds is 5. The molecular formula is C21H19N3O4. The van der Waals surface area contributed by atoms with Crippen LogP contribution in [-0.2, 0) is 0 Å². The fourth-order valence-electron chi connectivity index (χ4n) is 2.97. The summed E-state index contributed by atoms with van der Waals surface area (Å²) in [5.74, 6) is 0.860. The van der Waals surface area contributed by atoms with E-state index in [0.29, 0.717) is 39.6 Å². The van der Waals surface area contributed by atoms with Crippen LogP contribution < -0.4 is 9.47 Å². The smallest absolute Gasteiger partial charge is 0.344 e. The Labute approximate surface area is 161 Å². The van der Waals surface area contributed by atoms with E-state index >= 15 is 0 Å². The second-order valence-corrected chi connectivity index (χ2v) is 6.49. The third-order valence-electron chi connectivity index (χ3n) is 4.32. The molecule has 0 aliphatic rings. The fourth-order valence-corrected chi connectivity index (χ4v) is 2.97. The number of para-hydroxylation sites is 2. The average Bonchev–Trinajstić information content (AvgIpc) is 3.37. The Morgan fingerprint density at radius 1 is 1.14 bits per heavy atom. The van der Waals surface area contributed by atoms with Crippen molar-refractivity contribution in [1.82, 2.24) is 14.8 Å². The maximum atomic E-state index is 13.0. The third kappa shape index (κ3) is 3.11. The minimum absolute atomic E-state index is 0.0786. The largest absolute Gasteiger partial charge is 0.493 e. The van der Waals surface area contributed by atoms with Gasteiger partial charge in [-0.15, -0.1) is 0 Å². The van der Waals surface area contributed by atoms with E-state index in [1.54, 1.807) is 53.5 Å². The number of fused-ring (bicyclic) bond motifs is 1. The molecule has 0 saturated carbocycles. The Bertz CT molecular complexity index is 1130. The Kier molecular flexibility index (Phi) is 4.57. The molecule has 3 aromatic heterocycles. The van der Waals surface area contributed by atoms with Gasteiger partial charge in [-0.1, -0.05) is 12.1 Å². The van der Waals surface area contributed by atoms with Crippen LogP contribution in [0.5, 0.6) is 11.5 Å². The molecule has 0 unspecified atom stereocenters. The fraction of sp³-hybridized carbons (Fsp3) is 0.190. The molecule has 0 fully saturated rings. The molecular weight excluding hydrogens is 358 g/mol. The van der Waals surface area contributed by atoms with E-state index < -0.39 is 5.97 Å². The third-order valence-corrected chi connectivity index (χ3v) is 4.32. The standard InChI is InChI=1S/C21H19N3O4/c1-13(2)24-20-15(12-22-24)14(11-16(23-20)17-9-6-10-27-17)21(25)28-19-8-5-4-7-18(19)26-3/h4-13H,1-3H3. The summed E-state index contributed by atoms with van der Waals surface area (Å²) in [6, 6.07) is 12.3. The highest BCUT2D eigenvalue weighted by Crippen LogP contribution is 2.30. The zero-order valence-electron chi connectivity index (χ0n) is 15.7. The molecule has 0 radical (unpaired) electrons. The molecule has 0 N–H and O–H groups in total. The van der Waals surface area contributed by atoms with E-state index in [9.17, 15) is 4.79 Å². The number of furan rings is 1. The number of pyridine rings is 1. The lowest BCUT2D eigenvalue weighted by Gasteiger charge is -2.11. The summed E-state index contributed by atoms with van der Waals surface area (Å²) in [7, 11) is 1.53. The first-order valence-electron chi connectivity index (χ1n) is 8.86. The molecule has 0 bridgehead atoms. The van der Waals surface area contributed by atoms with E-state index in [1.807, 2.05) is 19.9 Å². The highest BCUT2D eigenvalue weighted by Gasteiger charge is 2.21. The second kappa shape index (κ2) is 7.19. The van der Waals surface area contributed by atoms with Crippen molar-refractivity contribution >= 4 is 17.0 Å². The Balaban J connectivity index is 1.84. The molecule has 0 aliphatic carbocycles. The van der Waals surface area contributed by atoms with Crippen LogP contribution in [0, 0.1) is 0 Å². The molecule has 0 aliphatic heterocycles. The van der Waals surface area contributed by atoms with Crippen LogP contribution in [0.1, 0.15) is 30.2 Å². The van der Waals surface area contributed by atoms with Gasteiger partial charge in [0.1, 0.15) is 5.69 Å². The van der Waals surface area contributed by atoms with Gasteiger partial charge in [0, 0.05) is 6.04 Å². The lowest BCUT2D eigenvalue weighted by Crippen LogP contribution is -2.11. The maximum absolute atomic E-state index is 13.0. The van der Waals surface area contributed by atoms with Crippen LogP contribution in [0.2, 0.25) is 0 Å². The lowest BCUT2D eigenvalue weighted by molar-refractivity contribution is 0.0731. The number of ether oxygens (including phenoxy) is 2.